The number of aromatic nitrogens is 2. The van der Waals surface area contributed by atoms with Crippen LogP contribution < -0.4 is 20.9 Å². The summed E-state index contributed by atoms with van der Waals surface area (Å²) in [5.74, 6) is -2.07. The van der Waals surface area contributed by atoms with Gasteiger partial charge in [-0.2, -0.15) is 13.2 Å². The number of amides is 2. The molecule has 2 bridgehead atoms. The van der Waals surface area contributed by atoms with E-state index < -0.39 is 35.4 Å². The molecular formula is C31H41F3N4O4. The fraction of sp³-hybridized carbons (Fsp3) is 0.677. The molecule has 1 saturated heterocycles. The van der Waals surface area contributed by atoms with Crippen LogP contribution in [0.25, 0.3) is 10.9 Å². The van der Waals surface area contributed by atoms with E-state index in [0.717, 1.165) is 44.6 Å². The van der Waals surface area contributed by atoms with E-state index in [-0.39, 0.29) is 29.5 Å². The highest BCUT2D eigenvalue weighted by Crippen LogP contribution is 2.65. The van der Waals surface area contributed by atoms with Crippen LogP contribution >= 0.6 is 0 Å². The van der Waals surface area contributed by atoms with Crippen LogP contribution in [0, 0.1) is 16.7 Å². The first-order chi connectivity index (χ1) is 19.8. The molecule has 2 saturated carbocycles. The maximum Gasteiger partial charge on any atom is 0.449 e. The average molecular weight is 591 g/mol. The Labute approximate surface area is 243 Å². The van der Waals surface area contributed by atoms with Crippen LogP contribution in [0.2, 0.25) is 0 Å². The number of alkyl halides is 3. The highest BCUT2D eigenvalue weighted by molar-refractivity contribution is 5.99. The van der Waals surface area contributed by atoms with E-state index in [0.29, 0.717) is 28.0 Å². The molecule has 4 atom stereocenters. The number of halogens is 3. The fourth-order valence-electron chi connectivity index (χ4n) is 7.48. The molecule has 2 aliphatic carbocycles. The third kappa shape index (κ3) is 5.56. The molecule has 3 aliphatic rings. The van der Waals surface area contributed by atoms with Gasteiger partial charge in [0.1, 0.15) is 17.2 Å². The number of nitrogens with one attached hydrogen (secondary N) is 2. The second-order valence-electron chi connectivity index (χ2n) is 13.0. The number of ether oxygens (including phenoxy) is 1. The van der Waals surface area contributed by atoms with E-state index in [1.807, 2.05) is 5.32 Å². The number of fused-ring (bicyclic) bond motifs is 3. The van der Waals surface area contributed by atoms with E-state index in [4.69, 9.17) is 4.74 Å². The number of benzene rings is 1. The third-order valence-electron chi connectivity index (χ3n) is 10.4. The topological polar surface area (TPSA) is 102 Å². The highest BCUT2D eigenvalue weighted by Gasteiger charge is 2.60. The second kappa shape index (κ2) is 11.6. The number of nitrogens with zero attached hydrogens (tertiary/aromatic N) is 2. The monoisotopic (exact) mass is 590 g/mol. The minimum absolute atomic E-state index is 0.112. The number of carbonyl (C=O) groups excluding carboxylic acids is 2. The molecule has 2 amide bonds. The molecule has 2 heterocycles. The second-order valence-corrected chi connectivity index (χ2v) is 13.0. The molecule has 1 aromatic heterocycles. The van der Waals surface area contributed by atoms with Gasteiger partial charge in [0.15, 0.2) is 0 Å². The predicted octanol–water partition coefficient (Wildman–Crippen LogP) is 5.53. The Morgan fingerprint density at radius 1 is 1.07 bits per heavy atom. The quantitative estimate of drug-likeness (QED) is 0.264. The normalized spacial score (nSPS) is 27.0. The van der Waals surface area contributed by atoms with Crippen molar-refractivity contribution in [1.82, 2.24) is 20.2 Å². The third-order valence-corrected chi connectivity index (χ3v) is 10.4. The smallest absolute Gasteiger partial charge is 0.449 e. The van der Waals surface area contributed by atoms with Gasteiger partial charge in [-0.15, -0.1) is 0 Å². The Bertz CT molecular complexity index is 1410. The molecule has 42 heavy (non-hydrogen) atoms. The zero-order chi connectivity index (χ0) is 30.3. The molecule has 0 unspecified atom stereocenters. The Kier molecular flexibility index (Phi) is 8.44. The summed E-state index contributed by atoms with van der Waals surface area (Å²) in [4.78, 5) is 41.1. The molecule has 1 aromatic carbocycles. The summed E-state index contributed by atoms with van der Waals surface area (Å²) in [7, 11) is 0. The van der Waals surface area contributed by atoms with Crippen molar-refractivity contribution in [2.24, 2.45) is 16.7 Å². The first-order valence-electron chi connectivity index (χ1n) is 15.2. The fourth-order valence-corrected chi connectivity index (χ4v) is 7.48. The van der Waals surface area contributed by atoms with E-state index in [1.54, 1.807) is 0 Å². The number of rotatable bonds is 11. The molecule has 8 nitrogen and oxygen atoms in total. The van der Waals surface area contributed by atoms with Gasteiger partial charge < -0.3 is 10.1 Å². The van der Waals surface area contributed by atoms with Gasteiger partial charge >= 0.3 is 6.18 Å². The SMILES string of the molecule is CC1(C)[C@@H]2CC[C@@]1(C)[C@@H](NCCCCCCCOc1cccc3nc(C(F)(F)F)n([C@H]4CCC(=O)NC4=O)c(=O)c13)C2. The molecule has 0 radical (unpaired) electrons. The summed E-state index contributed by atoms with van der Waals surface area (Å²) in [6.45, 7) is 8.62. The van der Waals surface area contributed by atoms with Crippen LogP contribution in [-0.2, 0) is 15.8 Å². The lowest BCUT2D eigenvalue weighted by molar-refractivity contribution is -0.150. The van der Waals surface area contributed by atoms with Crippen LogP contribution in [0.4, 0.5) is 13.2 Å². The number of hydrogen-bond acceptors (Lipinski definition) is 6. The van der Waals surface area contributed by atoms with Gasteiger partial charge in [-0.05, 0) is 74.0 Å². The molecule has 5 rings (SSSR count). The highest BCUT2D eigenvalue weighted by atomic mass is 19.4. The first-order valence-corrected chi connectivity index (χ1v) is 15.2. The molecule has 2 aromatic rings. The van der Waals surface area contributed by atoms with Gasteiger partial charge in [-0.25, -0.2) is 4.98 Å². The predicted molar refractivity (Wildman–Crippen MR) is 152 cm³/mol. The summed E-state index contributed by atoms with van der Waals surface area (Å²) in [6, 6.07) is 3.44. The van der Waals surface area contributed by atoms with Gasteiger partial charge in [0.2, 0.25) is 17.6 Å². The van der Waals surface area contributed by atoms with Crippen molar-refractivity contribution in [3.05, 3.63) is 34.4 Å². The lowest BCUT2D eigenvalue weighted by Crippen LogP contribution is -2.46. The Hall–Kier alpha value is -2.95. The van der Waals surface area contributed by atoms with E-state index in [1.165, 1.54) is 37.5 Å². The molecule has 0 spiro atoms. The van der Waals surface area contributed by atoms with E-state index >= 15 is 0 Å². The summed E-state index contributed by atoms with van der Waals surface area (Å²) in [5.41, 5.74) is -0.388. The van der Waals surface area contributed by atoms with Gasteiger partial charge in [0.25, 0.3) is 5.56 Å². The number of unbranched alkanes of at least 4 members (excludes halogenated alkanes) is 4. The van der Waals surface area contributed by atoms with Crippen molar-refractivity contribution in [3.63, 3.8) is 0 Å². The Morgan fingerprint density at radius 2 is 1.81 bits per heavy atom. The van der Waals surface area contributed by atoms with Crippen LogP contribution in [0.3, 0.4) is 0 Å². The Balaban J connectivity index is 1.15. The summed E-state index contributed by atoms with van der Waals surface area (Å²) >= 11 is 0. The maximum absolute atomic E-state index is 13.9. The minimum Gasteiger partial charge on any atom is -0.493 e. The van der Waals surface area contributed by atoms with Crippen LogP contribution in [0.5, 0.6) is 5.75 Å². The molecule has 2 N–H and O–H groups in total. The standard InChI is InChI=1S/C31H41F3N4O4/c1-29(2)19-14-15-30(29,3)23(18-19)35-16-7-5-4-6-8-17-42-22-11-9-10-20-25(22)27(41)38(28(36-20)31(32,33)34)21-12-13-24(39)37-26(21)40/h9-11,19,21,23,35H,4-8,12-18H2,1-3H3,(H,37,39,40)/t19-,21+,23+,30+/m1/s1. The summed E-state index contributed by atoms with van der Waals surface area (Å²) in [5, 5.41) is 5.73. The maximum atomic E-state index is 13.9. The van der Waals surface area contributed by atoms with Gasteiger partial charge in [-0.3, -0.25) is 24.3 Å². The van der Waals surface area contributed by atoms with Crippen molar-refractivity contribution in [2.75, 3.05) is 13.2 Å². The van der Waals surface area contributed by atoms with Gasteiger partial charge in [-0.1, -0.05) is 46.1 Å². The average Bonchev–Trinajstić information content (AvgIpc) is 3.25. The largest absolute Gasteiger partial charge is 0.493 e. The Morgan fingerprint density at radius 3 is 2.48 bits per heavy atom. The van der Waals surface area contributed by atoms with Gasteiger partial charge in [0, 0.05) is 12.5 Å². The van der Waals surface area contributed by atoms with Gasteiger partial charge in [0.05, 0.1) is 12.1 Å². The molecule has 3 fully saturated rings. The lowest BCUT2D eigenvalue weighted by atomic mass is 9.69. The zero-order valence-corrected chi connectivity index (χ0v) is 24.6. The molecule has 1 aliphatic heterocycles. The first kappa shape index (κ1) is 30.5. The number of hydrogen-bond donors (Lipinski definition) is 2. The summed E-state index contributed by atoms with van der Waals surface area (Å²) in [6.07, 6.45) is 3.46. The van der Waals surface area contributed by atoms with Crippen molar-refractivity contribution >= 4 is 22.7 Å². The minimum atomic E-state index is -4.98. The summed E-state index contributed by atoms with van der Waals surface area (Å²) < 4.78 is 48.0. The van der Waals surface area contributed by atoms with Crippen molar-refractivity contribution in [2.45, 2.75) is 103 Å². The van der Waals surface area contributed by atoms with Crippen LogP contribution in [-0.4, -0.2) is 40.6 Å². The van der Waals surface area contributed by atoms with Crippen molar-refractivity contribution in [1.29, 1.82) is 0 Å². The van der Waals surface area contributed by atoms with Crippen LogP contribution in [0.1, 0.15) is 96.8 Å². The zero-order valence-electron chi connectivity index (χ0n) is 24.6. The van der Waals surface area contributed by atoms with E-state index in [9.17, 15) is 27.6 Å². The lowest BCUT2D eigenvalue weighted by Gasteiger charge is -2.39. The number of carbonyl (C=O) groups is 2. The number of imide groups is 1. The molecule has 230 valence electrons. The van der Waals surface area contributed by atoms with Crippen molar-refractivity contribution < 1.29 is 27.5 Å². The van der Waals surface area contributed by atoms with Crippen LogP contribution in [0.15, 0.2) is 23.0 Å². The van der Waals surface area contributed by atoms with Crippen molar-refractivity contribution in [3.8, 4) is 5.75 Å². The van der Waals surface area contributed by atoms with E-state index in [2.05, 4.69) is 31.1 Å². The molecule has 11 heteroatoms. The number of piperidine rings is 1. The molecular weight excluding hydrogens is 549 g/mol.